The Kier molecular flexibility index (Phi) is 3.69. The van der Waals surface area contributed by atoms with Crippen LogP contribution >= 0.6 is 0 Å². The molecule has 0 aromatic heterocycles. The molecule has 1 aliphatic carbocycles. The topological polar surface area (TPSA) is 52.3 Å². The SMILES string of the molecule is CC(C)(C)OC(=O)[C@H](N)C1=CCCC=C1. The Bertz CT molecular complexity index is 297. The Labute approximate surface area is 91.0 Å². The van der Waals surface area contributed by atoms with Gasteiger partial charge in [-0.2, -0.15) is 0 Å². The van der Waals surface area contributed by atoms with Gasteiger partial charge >= 0.3 is 5.97 Å². The van der Waals surface area contributed by atoms with Gasteiger partial charge in [0.1, 0.15) is 11.6 Å². The number of nitrogens with two attached hydrogens (primary N) is 1. The fraction of sp³-hybridized carbons (Fsp3) is 0.583. The molecule has 1 aliphatic rings. The predicted molar refractivity (Wildman–Crippen MR) is 60.3 cm³/mol. The van der Waals surface area contributed by atoms with E-state index in [-0.39, 0.29) is 5.97 Å². The molecule has 0 aromatic carbocycles. The Balaban J connectivity index is 2.60. The number of carbonyl (C=O) groups excluding carboxylic acids is 1. The van der Waals surface area contributed by atoms with Crippen LogP contribution in [-0.4, -0.2) is 17.6 Å². The van der Waals surface area contributed by atoms with Gasteiger partial charge in [0.05, 0.1) is 0 Å². The van der Waals surface area contributed by atoms with Gasteiger partial charge < -0.3 is 10.5 Å². The highest BCUT2D eigenvalue weighted by Crippen LogP contribution is 2.15. The molecule has 1 atom stereocenters. The van der Waals surface area contributed by atoms with Crippen molar-refractivity contribution in [1.29, 1.82) is 0 Å². The number of esters is 1. The van der Waals surface area contributed by atoms with Crippen molar-refractivity contribution in [3.63, 3.8) is 0 Å². The largest absolute Gasteiger partial charge is 0.459 e. The third kappa shape index (κ3) is 3.88. The second-order valence-corrected chi connectivity index (χ2v) is 4.69. The molecule has 84 valence electrons. The molecule has 0 saturated heterocycles. The lowest BCUT2D eigenvalue weighted by Gasteiger charge is -2.23. The van der Waals surface area contributed by atoms with E-state index >= 15 is 0 Å². The van der Waals surface area contributed by atoms with Crippen LogP contribution in [0.3, 0.4) is 0 Å². The zero-order chi connectivity index (χ0) is 11.5. The molecule has 0 spiro atoms. The molecule has 0 aromatic rings. The van der Waals surface area contributed by atoms with Gasteiger partial charge in [-0.05, 0) is 39.2 Å². The molecule has 3 nitrogen and oxygen atoms in total. The van der Waals surface area contributed by atoms with E-state index in [4.69, 9.17) is 10.5 Å². The van der Waals surface area contributed by atoms with Gasteiger partial charge in [0.2, 0.25) is 0 Å². The van der Waals surface area contributed by atoms with Crippen molar-refractivity contribution in [3.8, 4) is 0 Å². The molecule has 0 aliphatic heterocycles. The first-order valence-electron chi connectivity index (χ1n) is 5.25. The van der Waals surface area contributed by atoms with Crippen LogP contribution in [0.5, 0.6) is 0 Å². The number of allylic oxidation sites excluding steroid dienone is 2. The van der Waals surface area contributed by atoms with E-state index in [0.29, 0.717) is 0 Å². The molecule has 2 N–H and O–H groups in total. The van der Waals surface area contributed by atoms with Gasteiger partial charge in [-0.25, -0.2) is 4.79 Å². The first kappa shape index (κ1) is 12.0. The maximum Gasteiger partial charge on any atom is 0.328 e. The average molecular weight is 209 g/mol. The van der Waals surface area contributed by atoms with E-state index < -0.39 is 11.6 Å². The summed E-state index contributed by atoms with van der Waals surface area (Å²) in [6.45, 7) is 5.51. The number of hydrogen-bond donors (Lipinski definition) is 1. The lowest BCUT2D eigenvalue weighted by Crippen LogP contribution is -2.38. The van der Waals surface area contributed by atoms with Crippen LogP contribution in [0.25, 0.3) is 0 Å². The molecule has 0 unspecified atom stereocenters. The van der Waals surface area contributed by atoms with Crippen molar-refractivity contribution < 1.29 is 9.53 Å². The lowest BCUT2D eigenvalue weighted by molar-refractivity contribution is -0.155. The van der Waals surface area contributed by atoms with Crippen LogP contribution in [0.2, 0.25) is 0 Å². The van der Waals surface area contributed by atoms with Crippen LogP contribution < -0.4 is 5.73 Å². The molecule has 0 amide bonds. The number of ether oxygens (including phenoxy) is 1. The summed E-state index contributed by atoms with van der Waals surface area (Å²) in [5, 5.41) is 0. The van der Waals surface area contributed by atoms with Crippen molar-refractivity contribution in [2.45, 2.75) is 45.3 Å². The summed E-state index contributed by atoms with van der Waals surface area (Å²) in [6.07, 6.45) is 7.89. The molecule has 0 saturated carbocycles. The molecule has 0 fully saturated rings. The molecule has 1 rings (SSSR count). The first-order chi connectivity index (χ1) is 6.90. The van der Waals surface area contributed by atoms with Crippen molar-refractivity contribution in [1.82, 2.24) is 0 Å². The van der Waals surface area contributed by atoms with Crippen molar-refractivity contribution in [3.05, 3.63) is 23.8 Å². The highest BCUT2D eigenvalue weighted by atomic mass is 16.6. The Morgan fingerprint density at radius 1 is 1.47 bits per heavy atom. The Morgan fingerprint density at radius 2 is 2.13 bits per heavy atom. The Hall–Kier alpha value is -1.09. The smallest absolute Gasteiger partial charge is 0.328 e. The fourth-order valence-corrected chi connectivity index (χ4v) is 1.37. The number of carbonyl (C=O) groups is 1. The van der Waals surface area contributed by atoms with Gasteiger partial charge in [-0.1, -0.05) is 18.2 Å². The Morgan fingerprint density at radius 3 is 2.60 bits per heavy atom. The van der Waals surface area contributed by atoms with Crippen LogP contribution in [0.1, 0.15) is 33.6 Å². The molecule has 0 radical (unpaired) electrons. The summed E-state index contributed by atoms with van der Waals surface area (Å²) in [4.78, 5) is 11.6. The summed E-state index contributed by atoms with van der Waals surface area (Å²) >= 11 is 0. The molecule has 0 bridgehead atoms. The highest BCUT2D eigenvalue weighted by molar-refractivity contribution is 5.80. The van der Waals surface area contributed by atoms with Crippen LogP contribution in [0.4, 0.5) is 0 Å². The quantitative estimate of drug-likeness (QED) is 0.707. The minimum atomic E-state index is -0.652. The summed E-state index contributed by atoms with van der Waals surface area (Å²) in [7, 11) is 0. The van der Waals surface area contributed by atoms with Gasteiger partial charge in [0, 0.05) is 0 Å². The highest BCUT2D eigenvalue weighted by Gasteiger charge is 2.24. The van der Waals surface area contributed by atoms with Gasteiger partial charge in [0.15, 0.2) is 0 Å². The third-order valence-corrected chi connectivity index (χ3v) is 2.04. The fourth-order valence-electron chi connectivity index (χ4n) is 1.37. The zero-order valence-electron chi connectivity index (χ0n) is 9.62. The normalized spacial score (nSPS) is 18.3. The summed E-state index contributed by atoms with van der Waals surface area (Å²) in [5.74, 6) is -0.361. The lowest BCUT2D eigenvalue weighted by atomic mass is 10.0. The minimum absolute atomic E-state index is 0.361. The van der Waals surface area contributed by atoms with Crippen LogP contribution in [0.15, 0.2) is 23.8 Å². The summed E-state index contributed by atoms with van der Waals surface area (Å²) in [6, 6.07) is -0.652. The average Bonchev–Trinajstić information content (AvgIpc) is 2.15. The first-order valence-corrected chi connectivity index (χ1v) is 5.25. The summed E-state index contributed by atoms with van der Waals surface area (Å²) in [5.41, 5.74) is 6.18. The van der Waals surface area contributed by atoms with Gasteiger partial charge in [-0.15, -0.1) is 0 Å². The van der Waals surface area contributed by atoms with E-state index in [0.717, 1.165) is 18.4 Å². The molecular weight excluding hydrogens is 190 g/mol. The molecule has 0 heterocycles. The van der Waals surface area contributed by atoms with Crippen molar-refractivity contribution in [2.75, 3.05) is 0 Å². The van der Waals surface area contributed by atoms with Crippen molar-refractivity contribution >= 4 is 5.97 Å². The van der Waals surface area contributed by atoms with E-state index in [1.165, 1.54) is 0 Å². The monoisotopic (exact) mass is 209 g/mol. The van der Waals surface area contributed by atoms with Crippen LogP contribution in [0, 0.1) is 0 Å². The maximum atomic E-state index is 11.6. The van der Waals surface area contributed by atoms with E-state index in [2.05, 4.69) is 0 Å². The molecule has 15 heavy (non-hydrogen) atoms. The van der Waals surface area contributed by atoms with Crippen molar-refractivity contribution in [2.24, 2.45) is 5.73 Å². The van der Waals surface area contributed by atoms with E-state index in [1.54, 1.807) is 0 Å². The van der Waals surface area contributed by atoms with Gasteiger partial charge in [-0.3, -0.25) is 0 Å². The van der Waals surface area contributed by atoms with E-state index in [1.807, 2.05) is 39.0 Å². The minimum Gasteiger partial charge on any atom is -0.459 e. The molecule has 3 heteroatoms. The zero-order valence-corrected chi connectivity index (χ0v) is 9.62. The predicted octanol–water partition coefficient (Wildman–Crippen LogP) is 1.93. The second kappa shape index (κ2) is 4.62. The molecular formula is C12H19NO2. The summed E-state index contributed by atoms with van der Waals surface area (Å²) < 4.78 is 5.21. The van der Waals surface area contributed by atoms with E-state index in [9.17, 15) is 4.79 Å². The third-order valence-electron chi connectivity index (χ3n) is 2.04. The number of hydrogen-bond acceptors (Lipinski definition) is 3. The second-order valence-electron chi connectivity index (χ2n) is 4.69. The standard InChI is InChI=1S/C12H19NO2/c1-12(2,3)15-11(14)10(13)9-7-5-4-6-8-9/h5,7-8,10H,4,6,13H2,1-3H3/t10-/m1/s1. The van der Waals surface area contributed by atoms with Crippen LogP contribution in [-0.2, 0) is 9.53 Å². The maximum absolute atomic E-state index is 11.6. The van der Waals surface area contributed by atoms with Gasteiger partial charge in [0.25, 0.3) is 0 Å². The number of rotatable bonds is 2.